The van der Waals surface area contributed by atoms with Gasteiger partial charge in [0, 0.05) is 17.8 Å². The zero-order valence-electron chi connectivity index (χ0n) is 10.2. The van der Waals surface area contributed by atoms with E-state index in [1.54, 1.807) is 23.0 Å². The minimum Gasteiger partial charge on any atom is -0.398 e. The molecule has 1 heterocycles. The molecule has 96 valence electrons. The van der Waals surface area contributed by atoms with Crippen molar-refractivity contribution in [1.29, 1.82) is 0 Å². The van der Waals surface area contributed by atoms with Crippen LogP contribution in [0.2, 0.25) is 5.02 Å². The first-order valence-corrected chi connectivity index (χ1v) is 6.26. The number of aromatic nitrogens is 2. The highest BCUT2D eigenvalue weighted by molar-refractivity contribution is 6.31. The monoisotopic (exact) mass is 265 g/mol. The number of hydrogen-bond donors (Lipinski definition) is 2. The van der Waals surface area contributed by atoms with Crippen molar-refractivity contribution in [1.82, 2.24) is 9.78 Å². The second-order valence-corrected chi connectivity index (χ2v) is 4.54. The predicted octanol–water partition coefficient (Wildman–Crippen LogP) is 2.61. The van der Waals surface area contributed by atoms with Crippen LogP contribution in [0.1, 0.15) is 30.7 Å². The molecule has 2 rings (SSSR count). The van der Waals surface area contributed by atoms with Crippen molar-refractivity contribution in [2.75, 3.05) is 5.73 Å². The molecule has 3 N–H and O–H groups in total. The standard InChI is InChI=1S/C13H16ClN3O/c1-2-7-17-12(10(14)8-16-17)13(18)9-5-3-4-6-11(9)15/h3-6,8,13,18H,2,7,15H2,1H3. The van der Waals surface area contributed by atoms with Gasteiger partial charge in [-0.05, 0) is 12.5 Å². The summed E-state index contributed by atoms with van der Waals surface area (Å²) in [6, 6.07) is 7.21. The molecule has 1 unspecified atom stereocenters. The molecule has 0 saturated heterocycles. The number of aryl methyl sites for hydroxylation is 1. The average Bonchev–Trinajstić information content (AvgIpc) is 2.71. The van der Waals surface area contributed by atoms with E-state index in [0.717, 1.165) is 6.42 Å². The van der Waals surface area contributed by atoms with Crippen LogP contribution in [-0.2, 0) is 6.54 Å². The lowest BCUT2D eigenvalue weighted by molar-refractivity contribution is 0.208. The van der Waals surface area contributed by atoms with Crippen molar-refractivity contribution < 1.29 is 5.11 Å². The number of hydrogen-bond acceptors (Lipinski definition) is 3. The fourth-order valence-corrected chi connectivity index (χ4v) is 2.19. The molecule has 2 aromatic rings. The number of anilines is 1. The van der Waals surface area contributed by atoms with E-state index in [2.05, 4.69) is 5.10 Å². The maximum absolute atomic E-state index is 10.4. The molecular formula is C13H16ClN3O. The Morgan fingerprint density at radius 1 is 1.44 bits per heavy atom. The molecule has 18 heavy (non-hydrogen) atoms. The molecule has 0 amide bonds. The van der Waals surface area contributed by atoms with Crippen molar-refractivity contribution in [2.45, 2.75) is 26.0 Å². The Balaban J connectivity index is 2.42. The number of rotatable bonds is 4. The van der Waals surface area contributed by atoms with E-state index >= 15 is 0 Å². The SMILES string of the molecule is CCCn1ncc(Cl)c1C(O)c1ccccc1N. The van der Waals surface area contributed by atoms with Crippen LogP contribution < -0.4 is 5.73 Å². The molecule has 1 aromatic carbocycles. The van der Waals surface area contributed by atoms with E-state index in [0.29, 0.717) is 28.5 Å². The fourth-order valence-electron chi connectivity index (χ4n) is 1.94. The van der Waals surface area contributed by atoms with Gasteiger partial charge in [0.2, 0.25) is 0 Å². The number of nitrogens with two attached hydrogens (primary N) is 1. The number of nitrogen functional groups attached to an aromatic ring is 1. The molecule has 0 radical (unpaired) electrons. The Hall–Kier alpha value is -1.52. The van der Waals surface area contributed by atoms with Gasteiger partial charge < -0.3 is 10.8 Å². The number of benzene rings is 1. The topological polar surface area (TPSA) is 64.1 Å². The van der Waals surface area contributed by atoms with Crippen LogP contribution in [0.25, 0.3) is 0 Å². The van der Waals surface area contributed by atoms with Gasteiger partial charge in [-0.1, -0.05) is 36.7 Å². The van der Waals surface area contributed by atoms with Crippen molar-refractivity contribution in [3.8, 4) is 0 Å². The fraction of sp³-hybridized carbons (Fsp3) is 0.308. The molecule has 0 spiro atoms. The second kappa shape index (κ2) is 5.42. The number of nitrogens with zero attached hydrogens (tertiary/aromatic N) is 2. The van der Waals surface area contributed by atoms with Gasteiger partial charge in [0.05, 0.1) is 16.9 Å². The summed E-state index contributed by atoms with van der Waals surface area (Å²) in [5.74, 6) is 0. The lowest BCUT2D eigenvalue weighted by Gasteiger charge is -2.15. The summed E-state index contributed by atoms with van der Waals surface area (Å²) in [4.78, 5) is 0. The highest BCUT2D eigenvalue weighted by atomic mass is 35.5. The minimum absolute atomic E-state index is 0.458. The highest BCUT2D eigenvalue weighted by Crippen LogP contribution is 2.31. The molecule has 5 heteroatoms. The molecule has 1 aromatic heterocycles. The third-order valence-corrected chi connectivity index (χ3v) is 3.11. The third-order valence-electron chi connectivity index (χ3n) is 2.82. The van der Waals surface area contributed by atoms with Crippen LogP contribution in [0.5, 0.6) is 0 Å². The first kappa shape index (κ1) is 12.9. The van der Waals surface area contributed by atoms with Crippen molar-refractivity contribution in [3.63, 3.8) is 0 Å². The van der Waals surface area contributed by atoms with E-state index in [4.69, 9.17) is 17.3 Å². The Morgan fingerprint density at radius 3 is 2.83 bits per heavy atom. The molecule has 1 atom stereocenters. The molecule has 0 saturated carbocycles. The van der Waals surface area contributed by atoms with Gasteiger partial charge in [-0.2, -0.15) is 5.10 Å². The van der Waals surface area contributed by atoms with E-state index in [-0.39, 0.29) is 0 Å². The van der Waals surface area contributed by atoms with Gasteiger partial charge in [-0.25, -0.2) is 0 Å². The van der Waals surface area contributed by atoms with Crippen LogP contribution in [0.3, 0.4) is 0 Å². The van der Waals surface area contributed by atoms with Crippen LogP contribution in [-0.4, -0.2) is 14.9 Å². The van der Waals surface area contributed by atoms with Crippen molar-refractivity contribution >= 4 is 17.3 Å². The summed E-state index contributed by atoms with van der Waals surface area (Å²) in [5, 5.41) is 15.0. The van der Waals surface area contributed by atoms with E-state index < -0.39 is 6.10 Å². The summed E-state index contributed by atoms with van der Waals surface area (Å²) in [6.45, 7) is 2.76. The smallest absolute Gasteiger partial charge is 0.124 e. The van der Waals surface area contributed by atoms with Gasteiger partial charge in [0.1, 0.15) is 6.10 Å². The van der Waals surface area contributed by atoms with Gasteiger partial charge in [-0.15, -0.1) is 0 Å². The molecule has 0 aliphatic rings. The summed E-state index contributed by atoms with van der Waals surface area (Å²) in [6.07, 6.45) is 1.62. The summed E-state index contributed by atoms with van der Waals surface area (Å²) in [7, 11) is 0. The Bertz CT molecular complexity index is 539. The van der Waals surface area contributed by atoms with E-state index in [1.807, 2.05) is 19.1 Å². The number of aliphatic hydroxyl groups is 1. The first-order chi connectivity index (χ1) is 8.65. The summed E-state index contributed by atoms with van der Waals surface area (Å²) < 4.78 is 1.72. The largest absolute Gasteiger partial charge is 0.398 e. The Kier molecular flexibility index (Phi) is 3.89. The lowest BCUT2D eigenvalue weighted by atomic mass is 10.0. The summed E-state index contributed by atoms with van der Waals surface area (Å²) >= 11 is 6.09. The van der Waals surface area contributed by atoms with Gasteiger partial charge in [0.15, 0.2) is 0 Å². The molecular weight excluding hydrogens is 250 g/mol. The maximum atomic E-state index is 10.4. The van der Waals surface area contributed by atoms with Crippen LogP contribution in [0.15, 0.2) is 30.5 Å². The van der Waals surface area contributed by atoms with Crippen LogP contribution in [0.4, 0.5) is 5.69 Å². The quantitative estimate of drug-likeness (QED) is 0.836. The predicted molar refractivity (Wildman–Crippen MR) is 72.4 cm³/mol. The molecule has 0 aliphatic carbocycles. The number of para-hydroxylation sites is 1. The zero-order valence-corrected chi connectivity index (χ0v) is 10.9. The average molecular weight is 266 g/mol. The van der Waals surface area contributed by atoms with Crippen LogP contribution in [0, 0.1) is 0 Å². The lowest BCUT2D eigenvalue weighted by Crippen LogP contribution is -2.12. The number of aliphatic hydroxyl groups excluding tert-OH is 1. The number of halogens is 1. The van der Waals surface area contributed by atoms with E-state index in [9.17, 15) is 5.11 Å². The van der Waals surface area contributed by atoms with E-state index in [1.165, 1.54) is 0 Å². The van der Waals surface area contributed by atoms with Gasteiger partial charge in [0.25, 0.3) is 0 Å². The first-order valence-electron chi connectivity index (χ1n) is 5.88. The normalized spacial score (nSPS) is 12.6. The highest BCUT2D eigenvalue weighted by Gasteiger charge is 2.21. The molecule has 0 bridgehead atoms. The summed E-state index contributed by atoms with van der Waals surface area (Å²) in [5.41, 5.74) is 7.66. The third kappa shape index (κ3) is 2.35. The van der Waals surface area contributed by atoms with Gasteiger partial charge in [-0.3, -0.25) is 4.68 Å². The van der Waals surface area contributed by atoms with Gasteiger partial charge >= 0.3 is 0 Å². The molecule has 0 aliphatic heterocycles. The minimum atomic E-state index is -0.854. The zero-order chi connectivity index (χ0) is 13.1. The van der Waals surface area contributed by atoms with Crippen LogP contribution >= 0.6 is 11.6 Å². The second-order valence-electron chi connectivity index (χ2n) is 4.13. The Morgan fingerprint density at radius 2 is 2.17 bits per heavy atom. The van der Waals surface area contributed by atoms with Crippen molar-refractivity contribution in [3.05, 3.63) is 46.7 Å². The molecule has 0 fully saturated rings. The Labute approximate surface area is 111 Å². The maximum Gasteiger partial charge on any atom is 0.124 e. The van der Waals surface area contributed by atoms with Crippen molar-refractivity contribution in [2.24, 2.45) is 0 Å². The molecule has 4 nitrogen and oxygen atoms in total.